The van der Waals surface area contributed by atoms with E-state index in [4.69, 9.17) is 0 Å². The highest BCUT2D eigenvalue weighted by molar-refractivity contribution is 7.90. The van der Waals surface area contributed by atoms with Crippen molar-refractivity contribution in [2.45, 2.75) is 77.5 Å². The highest BCUT2D eigenvalue weighted by atomic mass is 32.2. The number of hydrogen-bond donors (Lipinski definition) is 3. The van der Waals surface area contributed by atoms with Crippen LogP contribution < -0.4 is 15.4 Å². The lowest BCUT2D eigenvalue weighted by Gasteiger charge is -2.39. The molecule has 0 aromatic heterocycles. The van der Waals surface area contributed by atoms with Gasteiger partial charge in [-0.15, -0.1) is 0 Å². The van der Waals surface area contributed by atoms with Crippen molar-refractivity contribution in [3.63, 3.8) is 0 Å². The Kier molecular flexibility index (Phi) is 9.04. The molecule has 7 nitrogen and oxygen atoms in total. The third-order valence-electron chi connectivity index (χ3n) is 7.35. The average Bonchev–Trinajstić information content (AvgIpc) is 3.17. The molecule has 192 valence electrons. The maximum atomic E-state index is 12.5. The van der Waals surface area contributed by atoms with Gasteiger partial charge in [-0.2, -0.15) is 0 Å². The van der Waals surface area contributed by atoms with E-state index in [0.717, 1.165) is 38.9 Å². The fraction of sp³-hybridized carbons (Fsp3) is 0.731. The molecule has 2 unspecified atom stereocenters. The van der Waals surface area contributed by atoms with Gasteiger partial charge in [0.05, 0.1) is 5.25 Å². The molecule has 1 amide bonds. The molecule has 0 radical (unpaired) electrons. The van der Waals surface area contributed by atoms with Gasteiger partial charge in [-0.25, -0.2) is 13.1 Å². The molecule has 0 aliphatic carbocycles. The van der Waals surface area contributed by atoms with Gasteiger partial charge in [0.25, 0.3) is 0 Å². The lowest BCUT2D eigenvalue weighted by atomic mass is 9.86. The Bertz CT molecular complexity index is 918. The van der Waals surface area contributed by atoms with Crippen LogP contribution in [0.4, 0.5) is 5.69 Å². The van der Waals surface area contributed by atoms with Crippen LogP contribution in [-0.4, -0.2) is 63.2 Å². The number of fused-ring (bicyclic) bond motifs is 1. The smallest absolute Gasteiger partial charge is 0.220 e. The SMILES string of the molecule is CC(C)S(=O)(=O)NC(CN1CCC(CC(=O)NCCC2CNc3ccccc32)CC1)C(C)(C)C. The van der Waals surface area contributed by atoms with Crippen molar-refractivity contribution in [3.8, 4) is 0 Å². The topological polar surface area (TPSA) is 90.5 Å². The van der Waals surface area contributed by atoms with Crippen LogP contribution in [0.3, 0.4) is 0 Å². The zero-order valence-electron chi connectivity index (χ0n) is 21.6. The van der Waals surface area contributed by atoms with E-state index in [9.17, 15) is 13.2 Å². The number of para-hydroxylation sites is 1. The van der Waals surface area contributed by atoms with Crippen LogP contribution in [-0.2, 0) is 14.8 Å². The number of nitrogens with one attached hydrogen (secondary N) is 3. The van der Waals surface area contributed by atoms with Crippen LogP contribution in [0.25, 0.3) is 0 Å². The number of benzene rings is 1. The van der Waals surface area contributed by atoms with Gasteiger partial charge in [-0.3, -0.25) is 4.79 Å². The van der Waals surface area contributed by atoms with E-state index in [1.807, 2.05) is 0 Å². The third kappa shape index (κ3) is 7.43. The van der Waals surface area contributed by atoms with Gasteiger partial charge in [-0.05, 0) is 69.2 Å². The molecule has 1 aromatic carbocycles. The number of rotatable bonds is 10. The quantitative estimate of drug-likeness (QED) is 0.465. The summed E-state index contributed by atoms with van der Waals surface area (Å²) in [4.78, 5) is 14.9. The van der Waals surface area contributed by atoms with Crippen LogP contribution in [0.15, 0.2) is 24.3 Å². The van der Waals surface area contributed by atoms with E-state index in [-0.39, 0.29) is 17.4 Å². The minimum atomic E-state index is -3.32. The molecular weight excluding hydrogens is 448 g/mol. The Morgan fingerprint density at radius 2 is 1.85 bits per heavy atom. The summed E-state index contributed by atoms with van der Waals surface area (Å²) < 4.78 is 27.8. The Balaban J connectivity index is 1.39. The first-order chi connectivity index (χ1) is 16.0. The van der Waals surface area contributed by atoms with E-state index in [0.29, 0.717) is 31.3 Å². The van der Waals surface area contributed by atoms with Crippen LogP contribution >= 0.6 is 0 Å². The average molecular weight is 493 g/mol. The van der Waals surface area contributed by atoms with Crippen molar-refractivity contribution < 1.29 is 13.2 Å². The van der Waals surface area contributed by atoms with E-state index in [1.54, 1.807) is 13.8 Å². The van der Waals surface area contributed by atoms with Crippen molar-refractivity contribution in [3.05, 3.63) is 29.8 Å². The summed E-state index contributed by atoms with van der Waals surface area (Å²) in [7, 11) is -3.32. The van der Waals surface area contributed by atoms with Crippen LogP contribution in [0.1, 0.15) is 71.8 Å². The van der Waals surface area contributed by atoms with Crippen LogP contribution in [0.5, 0.6) is 0 Å². The van der Waals surface area contributed by atoms with Crippen molar-refractivity contribution in [1.29, 1.82) is 0 Å². The molecule has 0 spiro atoms. The van der Waals surface area contributed by atoms with E-state index >= 15 is 0 Å². The molecule has 1 saturated heterocycles. The molecule has 0 saturated carbocycles. The number of anilines is 1. The molecule has 2 heterocycles. The number of sulfonamides is 1. The molecule has 2 aliphatic rings. The number of piperidine rings is 1. The summed E-state index contributed by atoms with van der Waals surface area (Å²) in [6, 6.07) is 8.27. The molecule has 0 bridgehead atoms. The molecular formula is C26H44N4O3S. The predicted octanol–water partition coefficient (Wildman–Crippen LogP) is 3.55. The Morgan fingerprint density at radius 1 is 1.18 bits per heavy atom. The second-order valence-electron chi connectivity index (χ2n) is 11.4. The van der Waals surface area contributed by atoms with Gasteiger partial charge in [0.15, 0.2) is 0 Å². The summed E-state index contributed by atoms with van der Waals surface area (Å²) in [5.41, 5.74) is 2.40. The van der Waals surface area contributed by atoms with Gasteiger partial charge in [0.1, 0.15) is 0 Å². The van der Waals surface area contributed by atoms with Crippen molar-refractivity contribution in [2.75, 3.05) is 38.0 Å². The zero-order chi connectivity index (χ0) is 24.9. The number of amides is 1. The van der Waals surface area contributed by atoms with Crippen molar-refractivity contribution in [2.24, 2.45) is 11.3 Å². The number of hydrogen-bond acceptors (Lipinski definition) is 5. The lowest BCUT2D eigenvalue weighted by Crippen LogP contribution is -2.53. The van der Waals surface area contributed by atoms with Crippen molar-refractivity contribution >= 4 is 21.6 Å². The molecule has 3 rings (SSSR count). The molecule has 3 N–H and O–H groups in total. The van der Waals surface area contributed by atoms with E-state index < -0.39 is 15.3 Å². The van der Waals surface area contributed by atoms with Gasteiger partial charge in [0, 0.05) is 43.7 Å². The Labute approximate surface area is 206 Å². The van der Waals surface area contributed by atoms with Crippen LogP contribution in [0.2, 0.25) is 0 Å². The van der Waals surface area contributed by atoms with Gasteiger partial charge in [-0.1, -0.05) is 39.0 Å². The summed E-state index contributed by atoms with van der Waals surface area (Å²) in [5, 5.41) is 6.13. The van der Waals surface area contributed by atoms with Gasteiger partial charge < -0.3 is 15.5 Å². The maximum Gasteiger partial charge on any atom is 0.220 e. The first kappa shape index (κ1) is 27.0. The molecule has 8 heteroatoms. The summed E-state index contributed by atoms with van der Waals surface area (Å²) >= 11 is 0. The maximum absolute atomic E-state index is 12.5. The van der Waals surface area contributed by atoms with E-state index in [2.05, 4.69) is 65.3 Å². The fourth-order valence-corrected chi connectivity index (χ4v) is 5.89. The largest absolute Gasteiger partial charge is 0.384 e. The normalized spacial score (nSPS) is 20.7. The fourth-order valence-electron chi connectivity index (χ4n) is 4.79. The first-order valence-corrected chi connectivity index (χ1v) is 14.3. The zero-order valence-corrected chi connectivity index (χ0v) is 22.4. The summed E-state index contributed by atoms with van der Waals surface area (Å²) in [5.74, 6) is 1.00. The van der Waals surface area contributed by atoms with Gasteiger partial charge in [0.2, 0.25) is 15.9 Å². The molecule has 34 heavy (non-hydrogen) atoms. The molecule has 1 aromatic rings. The summed E-state index contributed by atoms with van der Waals surface area (Å²) in [6.45, 7) is 13.8. The lowest BCUT2D eigenvalue weighted by molar-refractivity contribution is -0.122. The van der Waals surface area contributed by atoms with E-state index in [1.165, 1.54) is 11.3 Å². The standard InChI is InChI=1S/C26H44N4O3S/c1-19(2)34(32,33)29-24(26(3,4)5)18-30-14-11-20(12-15-30)16-25(31)27-13-10-21-17-28-23-9-7-6-8-22(21)23/h6-9,19-21,24,28-29H,10-18H2,1-5H3,(H,27,31). The van der Waals surface area contributed by atoms with Gasteiger partial charge >= 0.3 is 0 Å². The molecule has 1 fully saturated rings. The second-order valence-corrected chi connectivity index (χ2v) is 13.7. The second kappa shape index (κ2) is 11.4. The number of carbonyl (C=O) groups is 1. The highest BCUT2D eigenvalue weighted by Crippen LogP contribution is 2.33. The Morgan fingerprint density at radius 3 is 2.50 bits per heavy atom. The third-order valence-corrected chi connectivity index (χ3v) is 9.20. The minimum absolute atomic E-state index is 0.144. The first-order valence-electron chi connectivity index (χ1n) is 12.8. The monoisotopic (exact) mass is 492 g/mol. The number of likely N-dealkylation sites (tertiary alicyclic amines) is 1. The Hall–Kier alpha value is -1.64. The molecule has 2 atom stereocenters. The molecule has 2 aliphatic heterocycles. The highest BCUT2D eigenvalue weighted by Gasteiger charge is 2.33. The number of carbonyl (C=O) groups excluding carboxylic acids is 1. The predicted molar refractivity (Wildman–Crippen MR) is 140 cm³/mol. The summed E-state index contributed by atoms with van der Waals surface area (Å²) in [6.07, 6.45) is 3.48. The van der Waals surface area contributed by atoms with Crippen LogP contribution in [0, 0.1) is 11.3 Å². The van der Waals surface area contributed by atoms with Crippen molar-refractivity contribution in [1.82, 2.24) is 14.9 Å². The minimum Gasteiger partial charge on any atom is -0.384 e. The number of nitrogens with zero attached hydrogens (tertiary/aromatic N) is 1.